The highest BCUT2D eigenvalue weighted by Gasteiger charge is 2.29. The van der Waals surface area contributed by atoms with Crippen LogP contribution in [0, 0.1) is 0 Å². The number of nitrogens with one attached hydrogen (secondary N) is 1. The largest absolute Gasteiger partial charge is 0.390 e. The highest BCUT2D eigenvalue weighted by Crippen LogP contribution is 2.33. The van der Waals surface area contributed by atoms with Crippen LogP contribution < -0.4 is 16.8 Å². The van der Waals surface area contributed by atoms with Crippen molar-refractivity contribution in [1.82, 2.24) is 9.61 Å². The molecular weight excluding hydrogens is 382 g/mol. The van der Waals surface area contributed by atoms with Crippen LogP contribution in [-0.2, 0) is 0 Å². The average molecular weight is 407 g/mol. The molecule has 4 rings (SSSR count). The number of hydrogen-bond acceptors (Lipinski definition) is 5. The van der Waals surface area contributed by atoms with E-state index in [-0.39, 0.29) is 6.04 Å². The number of primary amides is 2. The summed E-state index contributed by atoms with van der Waals surface area (Å²) in [4.78, 5) is 23.3. The summed E-state index contributed by atoms with van der Waals surface area (Å²) in [6, 6.07) is 9.05. The summed E-state index contributed by atoms with van der Waals surface area (Å²) >= 11 is 0. The molecule has 156 valence electrons. The van der Waals surface area contributed by atoms with Crippen molar-refractivity contribution in [2.75, 3.05) is 5.32 Å². The molecule has 30 heavy (non-hydrogen) atoms. The van der Waals surface area contributed by atoms with Crippen LogP contribution in [-0.4, -0.2) is 38.2 Å². The summed E-state index contributed by atoms with van der Waals surface area (Å²) < 4.78 is 1.70. The molecule has 1 aliphatic rings. The van der Waals surface area contributed by atoms with E-state index in [2.05, 4.69) is 10.4 Å². The van der Waals surface area contributed by atoms with Crippen LogP contribution in [0.25, 0.3) is 16.6 Å². The van der Waals surface area contributed by atoms with Crippen molar-refractivity contribution in [3.8, 4) is 11.1 Å². The van der Waals surface area contributed by atoms with Crippen LogP contribution in [0.3, 0.4) is 0 Å². The molecule has 1 saturated carbocycles. The number of fused-ring (bicyclic) bond motifs is 1. The first kappa shape index (κ1) is 19.9. The molecule has 2 heterocycles. The van der Waals surface area contributed by atoms with E-state index in [0.717, 1.165) is 29.5 Å². The lowest BCUT2D eigenvalue weighted by Gasteiger charge is -2.34. The van der Waals surface area contributed by atoms with Gasteiger partial charge in [-0.2, -0.15) is 5.10 Å². The molecule has 1 aromatic carbocycles. The van der Waals surface area contributed by atoms with Crippen LogP contribution in [0.5, 0.6) is 0 Å². The lowest BCUT2D eigenvalue weighted by atomic mass is 9.83. The minimum Gasteiger partial charge on any atom is -0.390 e. The van der Waals surface area contributed by atoms with E-state index in [1.54, 1.807) is 16.6 Å². The Kier molecular flexibility index (Phi) is 4.95. The molecule has 3 aromatic rings. The smallest absolute Gasteiger partial charge is 0.252 e. The highest BCUT2D eigenvalue weighted by atomic mass is 16.3. The van der Waals surface area contributed by atoms with Gasteiger partial charge in [-0.05, 0) is 56.4 Å². The first-order chi connectivity index (χ1) is 14.2. The van der Waals surface area contributed by atoms with Crippen molar-refractivity contribution < 1.29 is 14.7 Å². The number of rotatable bonds is 5. The molecule has 0 radical (unpaired) electrons. The molecule has 2 amide bonds. The third-order valence-electron chi connectivity index (χ3n) is 5.82. The first-order valence-corrected chi connectivity index (χ1v) is 9.94. The number of carbonyl (C=O) groups is 2. The number of aliphatic hydroxyl groups is 1. The lowest BCUT2D eigenvalue weighted by Crippen LogP contribution is -2.36. The van der Waals surface area contributed by atoms with E-state index in [4.69, 9.17) is 11.5 Å². The second kappa shape index (κ2) is 7.46. The second-order valence-corrected chi connectivity index (χ2v) is 8.21. The van der Waals surface area contributed by atoms with Gasteiger partial charge < -0.3 is 21.9 Å². The predicted octanol–water partition coefficient (Wildman–Crippen LogP) is 2.30. The van der Waals surface area contributed by atoms with Gasteiger partial charge in [0.2, 0.25) is 5.91 Å². The summed E-state index contributed by atoms with van der Waals surface area (Å²) in [6.45, 7) is 1.85. The maximum Gasteiger partial charge on any atom is 0.252 e. The zero-order valence-corrected chi connectivity index (χ0v) is 16.8. The van der Waals surface area contributed by atoms with Crippen molar-refractivity contribution in [3.05, 3.63) is 53.9 Å². The minimum atomic E-state index is -0.641. The Balaban J connectivity index is 1.71. The van der Waals surface area contributed by atoms with Gasteiger partial charge in [-0.15, -0.1) is 0 Å². The third kappa shape index (κ3) is 3.86. The van der Waals surface area contributed by atoms with Crippen molar-refractivity contribution in [2.45, 2.75) is 44.2 Å². The van der Waals surface area contributed by atoms with Gasteiger partial charge in [0.25, 0.3) is 5.91 Å². The number of anilines is 1. The van der Waals surface area contributed by atoms with Crippen LogP contribution in [0.1, 0.15) is 53.3 Å². The van der Waals surface area contributed by atoms with Crippen molar-refractivity contribution >= 4 is 23.0 Å². The van der Waals surface area contributed by atoms with Gasteiger partial charge in [-0.25, -0.2) is 4.52 Å². The van der Waals surface area contributed by atoms with E-state index >= 15 is 0 Å². The maximum absolute atomic E-state index is 12.0. The van der Waals surface area contributed by atoms with E-state index < -0.39 is 17.4 Å². The van der Waals surface area contributed by atoms with Crippen LogP contribution in [0.2, 0.25) is 0 Å². The van der Waals surface area contributed by atoms with Crippen LogP contribution in [0.15, 0.2) is 42.7 Å². The Bertz CT molecular complexity index is 1110. The average Bonchev–Trinajstić information content (AvgIpc) is 3.14. The Morgan fingerprint density at radius 1 is 1.13 bits per heavy atom. The van der Waals surface area contributed by atoms with Crippen molar-refractivity contribution in [3.63, 3.8) is 0 Å². The van der Waals surface area contributed by atoms with Crippen molar-refractivity contribution in [2.24, 2.45) is 11.5 Å². The van der Waals surface area contributed by atoms with Gasteiger partial charge in [0, 0.05) is 23.4 Å². The first-order valence-electron chi connectivity index (χ1n) is 9.94. The summed E-state index contributed by atoms with van der Waals surface area (Å²) in [5.41, 5.74) is 14.2. The zero-order valence-electron chi connectivity index (χ0n) is 16.8. The number of carbonyl (C=O) groups excluding carboxylic acids is 2. The van der Waals surface area contributed by atoms with Gasteiger partial charge in [0.15, 0.2) is 0 Å². The number of aromatic nitrogens is 2. The Morgan fingerprint density at radius 2 is 1.80 bits per heavy atom. The summed E-state index contributed by atoms with van der Waals surface area (Å²) in [6.07, 6.45) is 6.29. The normalized spacial score (nSPS) is 21.5. The molecule has 8 nitrogen and oxygen atoms in total. The summed E-state index contributed by atoms with van der Waals surface area (Å²) in [5, 5.41) is 18.0. The molecule has 0 saturated heterocycles. The molecule has 2 aromatic heterocycles. The fourth-order valence-corrected chi connectivity index (χ4v) is 3.97. The lowest BCUT2D eigenvalue weighted by molar-refractivity contribution is 0.0196. The topological polar surface area (TPSA) is 136 Å². The SMILES string of the molecule is C[C@]1(O)CC[C@@H](Nc2c(C(N)=O)cnn3cc(-c4ccc(C(N)=O)cc4)cc23)CC1. The quantitative estimate of drug-likeness (QED) is 0.514. The Labute approximate surface area is 173 Å². The molecule has 1 fully saturated rings. The van der Waals surface area contributed by atoms with Gasteiger partial charge in [-0.1, -0.05) is 12.1 Å². The van der Waals surface area contributed by atoms with Gasteiger partial charge in [0.1, 0.15) is 0 Å². The van der Waals surface area contributed by atoms with E-state index in [9.17, 15) is 14.7 Å². The fourth-order valence-electron chi connectivity index (χ4n) is 3.97. The van der Waals surface area contributed by atoms with E-state index in [0.29, 0.717) is 29.7 Å². The molecule has 0 spiro atoms. The number of benzene rings is 1. The number of hydrogen-bond donors (Lipinski definition) is 4. The Morgan fingerprint density at radius 3 is 2.40 bits per heavy atom. The zero-order chi connectivity index (χ0) is 21.5. The number of amides is 2. The third-order valence-corrected chi connectivity index (χ3v) is 5.82. The van der Waals surface area contributed by atoms with E-state index in [1.807, 2.05) is 31.3 Å². The van der Waals surface area contributed by atoms with Crippen LogP contribution in [0.4, 0.5) is 5.69 Å². The molecule has 1 aliphatic carbocycles. The molecule has 8 heteroatoms. The van der Waals surface area contributed by atoms with E-state index in [1.165, 1.54) is 6.20 Å². The number of nitrogens with two attached hydrogens (primary N) is 2. The predicted molar refractivity (Wildman–Crippen MR) is 114 cm³/mol. The molecule has 0 bridgehead atoms. The van der Waals surface area contributed by atoms with Gasteiger partial charge in [0.05, 0.1) is 28.6 Å². The minimum absolute atomic E-state index is 0.128. The molecule has 0 aliphatic heterocycles. The van der Waals surface area contributed by atoms with Gasteiger partial charge in [-0.3, -0.25) is 9.59 Å². The maximum atomic E-state index is 12.0. The Hall–Kier alpha value is -3.39. The van der Waals surface area contributed by atoms with Crippen molar-refractivity contribution in [1.29, 1.82) is 0 Å². The summed E-state index contributed by atoms with van der Waals surface area (Å²) in [5.74, 6) is -1.03. The molecule has 0 atom stereocenters. The summed E-state index contributed by atoms with van der Waals surface area (Å²) in [7, 11) is 0. The second-order valence-electron chi connectivity index (χ2n) is 8.21. The molecule has 0 unspecified atom stereocenters. The monoisotopic (exact) mass is 407 g/mol. The highest BCUT2D eigenvalue weighted by molar-refractivity contribution is 6.02. The molecule has 6 N–H and O–H groups in total. The molecular formula is C22H25N5O3. The van der Waals surface area contributed by atoms with Gasteiger partial charge >= 0.3 is 0 Å². The number of nitrogens with zero attached hydrogens (tertiary/aromatic N) is 2. The fraction of sp³-hybridized carbons (Fsp3) is 0.318. The standard InChI is InChI=1S/C22H25N5O3/c1-22(30)8-6-16(7-9-22)26-19-17(21(24)29)11-25-27-12-15(10-18(19)27)13-2-4-14(5-3-13)20(23)28/h2-5,10-12,16,26,30H,6-9H2,1H3,(H2,23,28)(H2,24,29)/t16-,22+. The van der Waals surface area contributed by atoms with Crippen LogP contribution >= 0.6 is 0 Å².